The molecule has 13 heteroatoms. The molecule has 4 bridgehead atoms. The summed E-state index contributed by atoms with van der Waals surface area (Å²) in [5, 5.41) is -2.19. The second kappa shape index (κ2) is 10.4. The summed E-state index contributed by atoms with van der Waals surface area (Å²) in [5.41, 5.74) is 5.48. The lowest BCUT2D eigenvalue weighted by molar-refractivity contribution is -0.159. The number of sulfonamides is 1. The van der Waals surface area contributed by atoms with Crippen LogP contribution >= 0.6 is 11.8 Å². The van der Waals surface area contributed by atoms with E-state index in [-0.39, 0.29) is 22.5 Å². The van der Waals surface area contributed by atoms with Crippen LogP contribution < -0.4 is 9.46 Å². The Hall–Kier alpha value is -3.23. The number of thioether (sulfide) groups is 1. The molecule has 10 rings (SSSR count). The third-order valence-electron chi connectivity index (χ3n) is 11.1. The van der Waals surface area contributed by atoms with Crippen LogP contribution in [0.5, 0.6) is 5.75 Å². The Labute approximate surface area is 276 Å². The number of benzene rings is 3. The van der Waals surface area contributed by atoms with Crippen LogP contribution in [0.25, 0.3) is 0 Å². The molecule has 7 unspecified atom stereocenters. The van der Waals surface area contributed by atoms with E-state index in [0.29, 0.717) is 36.8 Å². The van der Waals surface area contributed by atoms with Crippen molar-refractivity contribution in [1.29, 1.82) is 0 Å². The summed E-state index contributed by atoms with van der Waals surface area (Å²) in [4.78, 5) is 27.7. The van der Waals surface area contributed by atoms with Gasteiger partial charge < -0.3 is 14.0 Å². The van der Waals surface area contributed by atoms with E-state index in [2.05, 4.69) is 29.0 Å². The number of carbonyl (C=O) groups excluding carboxylic acids is 2. The maximum atomic E-state index is 14.1. The number of hydrogen-bond donors (Lipinski definition) is 1. The molecule has 3 saturated heterocycles. The highest BCUT2D eigenvalue weighted by Gasteiger charge is 2.72. The van der Waals surface area contributed by atoms with Crippen molar-refractivity contribution < 1.29 is 40.5 Å². The molecule has 3 fully saturated rings. The molecule has 3 heterocycles. The molecule has 244 valence electrons. The molecule has 0 saturated carbocycles. The van der Waals surface area contributed by atoms with E-state index in [9.17, 15) is 31.0 Å². The van der Waals surface area contributed by atoms with Gasteiger partial charge >= 0.3 is 11.9 Å². The van der Waals surface area contributed by atoms with E-state index in [1.54, 1.807) is 0 Å². The summed E-state index contributed by atoms with van der Waals surface area (Å²) in [6.45, 7) is 0. The van der Waals surface area contributed by atoms with E-state index in [1.807, 2.05) is 24.3 Å². The van der Waals surface area contributed by atoms with Gasteiger partial charge in [-0.15, -0.1) is 11.8 Å². The molecule has 3 aromatic carbocycles. The molecule has 1 N–H and O–H groups in total. The minimum absolute atomic E-state index is 0.0466. The monoisotopic (exact) mass is 692 g/mol. The highest BCUT2D eigenvalue weighted by molar-refractivity contribution is 8.03. The molecular weight excluding hydrogens is 663 g/mol. The summed E-state index contributed by atoms with van der Waals surface area (Å²) in [5.74, 6) is -2.75. The number of hydrogen-bond acceptors (Lipinski definition) is 10. The fraction of sp³-hybridized carbons (Fsp3) is 0.412. The van der Waals surface area contributed by atoms with Crippen LogP contribution in [-0.2, 0) is 47.3 Å². The van der Waals surface area contributed by atoms with Gasteiger partial charge in [-0.1, -0.05) is 48.5 Å². The summed E-state index contributed by atoms with van der Waals surface area (Å²) >= 11 is 1.34. The highest BCUT2D eigenvalue weighted by atomic mass is 32.2. The van der Waals surface area contributed by atoms with Crippen molar-refractivity contribution in [1.82, 2.24) is 4.72 Å². The Kier molecular flexibility index (Phi) is 6.60. The van der Waals surface area contributed by atoms with E-state index in [4.69, 9.17) is 9.47 Å². The van der Waals surface area contributed by atoms with Crippen molar-refractivity contribution in [2.24, 2.45) is 11.8 Å². The third kappa shape index (κ3) is 4.35. The predicted octanol–water partition coefficient (Wildman–Crippen LogP) is 3.37. The van der Waals surface area contributed by atoms with Crippen molar-refractivity contribution >= 4 is 43.8 Å². The Bertz CT molecular complexity index is 2050. The lowest BCUT2D eigenvalue weighted by Gasteiger charge is -2.45. The average molecular weight is 693 g/mol. The number of rotatable bonds is 5. The van der Waals surface area contributed by atoms with Crippen molar-refractivity contribution in [3.05, 3.63) is 94.0 Å². The lowest BCUT2D eigenvalue weighted by Crippen LogP contribution is -2.52. The molecule has 3 aliphatic heterocycles. The number of ether oxygens (including phenoxy) is 2. The minimum Gasteiger partial charge on any atom is -0.744 e. The maximum absolute atomic E-state index is 14.1. The standard InChI is InChI=1S/C34H31NO9S3/c36-33(23-15-22-16-7-1-5-11-20(16)26(23)21-12-6-2-8-17(21)22)44-29-28-31-32(46(38,39)35-28)27(30(29)45-31)34(37)43-24-13-14-25(47(40,41)42)19-10-4-3-9-18(19)24/h1-2,5-8,11-14,22-23,26-32,35H,3-4,9-10,15H2,(H,40,41,42)/p-1. The summed E-state index contributed by atoms with van der Waals surface area (Å²) < 4.78 is 77.3. The predicted molar refractivity (Wildman–Crippen MR) is 170 cm³/mol. The second-order valence-electron chi connectivity index (χ2n) is 13.4. The smallest absolute Gasteiger partial charge is 0.317 e. The first-order chi connectivity index (χ1) is 22.5. The maximum Gasteiger partial charge on any atom is 0.317 e. The topological polar surface area (TPSA) is 156 Å². The molecule has 0 amide bonds. The van der Waals surface area contributed by atoms with Gasteiger partial charge in [0.2, 0.25) is 10.0 Å². The summed E-state index contributed by atoms with van der Waals surface area (Å²) in [7, 11) is -8.66. The van der Waals surface area contributed by atoms with Gasteiger partial charge in [-0.05, 0) is 77.6 Å². The first kappa shape index (κ1) is 29.9. The SMILES string of the molecule is O=C(OC1C2NS(=O)(=O)C3C2SC1C3C(=O)Oc1ccc(S(=O)(=O)[O-])c2c1CCCC2)C1CC2c3ccccc3C1c1ccccc12. The van der Waals surface area contributed by atoms with Gasteiger partial charge in [0.05, 0.1) is 28.0 Å². The lowest BCUT2D eigenvalue weighted by atomic mass is 9.59. The van der Waals surface area contributed by atoms with Crippen LogP contribution in [-0.4, -0.2) is 61.2 Å². The summed E-state index contributed by atoms with van der Waals surface area (Å²) in [6.07, 6.45) is 1.92. The highest BCUT2D eigenvalue weighted by Crippen LogP contribution is 2.59. The molecule has 47 heavy (non-hydrogen) atoms. The van der Waals surface area contributed by atoms with Crippen molar-refractivity contribution in [3.8, 4) is 5.75 Å². The molecule has 10 nitrogen and oxygen atoms in total. The van der Waals surface area contributed by atoms with Crippen molar-refractivity contribution in [2.45, 2.75) is 76.7 Å². The van der Waals surface area contributed by atoms with E-state index in [0.717, 1.165) is 23.6 Å². The third-order valence-corrected chi connectivity index (χ3v) is 15.9. The Morgan fingerprint density at radius 2 is 1.49 bits per heavy atom. The first-order valence-electron chi connectivity index (χ1n) is 15.9. The molecule has 0 aromatic heterocycles. The van der Waals surface area contributed by atoms with Crippen LogP contribution in [0.2, 0.25) is 0 Å². The van der Waals surface area contributed by atoms with Gasteiger partial charge in [-0.3, -0.25) is 9.59 Å². The molecule has 0 spiro atoms. The number of nitrogens with one attached hydrogen (secondary N) is 1. The molecular formula is C34H30NO9S3-. The Morgan fingerprint density at radius 3 is 2.15 bits per heavy atom. The zero-order valence-corrected chi connectivity index (χ0v) is 27.4. The molecule has 7 atom stereocenters. The molecule has 4 aliphatic carbocycles. The van der Waals surface area contributed by atoms with Gasteiger partial charge in [0.1, 0.15) is 27.2 Å². The number of fused-ring (bicyclic) bond motifs is 3. The molecule has 7 aliphatic rings. The number of esters is 2. The van der Waals surface area contributed by atoms with E-state index < -0.39 is 71.8 Å². The second-order valence-corrected chi connectivity index (χ2v) is 18.0. The largest absolute Gasteiger partial charge is 0.744 e. The van der Waals surface area contributed by atoms with E-state index in [1.165, 1.54) is 29.0 Å². The number of carbonyl (C=O) groups is 2. The quantitative estimate of drug-likeness (QED) is 0.239. The Balaban J connectivity index is 1.02. The average Bonchev–Trinajstić information content (AvgIpc) is 3.67. The zero-order chi connectivity index (χ0) is 32.4. The van der Waals surface area contributed by atoms with Crippen molar-refractivity contribution in [3.63, 3.8) is 0 Å². The minimum atomic E-state index is -4.73. The zero-order valence-electron chi connectivity index (χ0n) is 24.9. The van der Waals surface area contributed by atoms with Gasteiger partial charge in [0.15, 0.2) is 0 Å². The Morgan fingerprint density at radius 1 is 0.851 bits per heavy atom. The fourth-order valence-corrected chi connectivity index (χ4v) is 14.8. The molecule has 3 aromatic rings. The van der Waals surface area contributed by atoms with Crippen LogP contribution in [0.3, 0.4) is 0 Å². The summed E-state index contributed by atoms with van der Waals surface area (Å²) in [6, 6.07) is 18.2. The van der Waals surface area contributed by atoms with Crippen LogP contribution in [0, 0.1) is 11.8 Å². The fourth-order valence-electron chi connectivity index (χ4n) is 9.27. The molecule has 0 radical (unpaired) electrons. The van der Waals surface area contributed by atoms with E-state index >= 15 is 0 Å². The van der Waals surface area contributed by atoms with Crippen LogP contribution in [0.4, 0.5) is 0 Å². The van der Waals surface area contributed by atoms with Crippen molar-refractivity contribution in [2.75, 3.05) is 0 Å². The van der Waals surface area contributed by atoms with Gasteiger partial charge in [-0.25, -0.2) is 21.6 Å². The van der Waals surface area contributed by atoms with Crippen LogP contribution in [0.15, 0.2) is 65.6 Å². The van der Waals surface area contributed by atoms with Gasteiger partial charge in [0, 0.05) is 17.1 Å². The normalized spacial score (nSPS) is 33.5. The van der Waals surface area contributed by atoms with Gasteiger partial charge in [0.25, 0.3) is 0 Å². The van der Waals surface area contributed by atoms with Gasteiger partial charge in [-0.2, -0.15) is 0 Å². The first-order valence-corrected chi connectivity index (χ1v) is 19.8. The van der Waals surface area contributed by atoms with Crippen LogP contribution in [0.1, 0.15) is 64.5 Å².